The molecule has 0 saturated heterocycles. The summed E-state index contributed by atoms with van der Waals surface area (Å²) < 4.78 is 27.3. The van der Waals surface area contributed by atoms with Gasteiger partial charge in [0.25, 0.3) is 0 Å². The smallest absolute Gasteiger partial charge is 0.130 e. The third kappa shape index (κ3) is 3.67. The molecule has 112 valence electrons. The molecule has 2 atom stereocenters. The van der Waals surface area contributed by atoms with Crippen molar-refractivity contribution in [1.29, 1.82) is 0 Å². The highest BCUT2D eigenvalue weighted by Gasteiger charge is 2.25. The number of rotatable bonds is 6. The Hall–Kier alpha value is -1.74. The molecular weight excluding hydrogens is 268 g/mol. The molecule has 0 aromatic heterocycles. The monoisotopic (exact) mass is 289 g/mol. The molecule has 0 aliphatic carbocycles. The fourth-order valence-corrected chi connectivity index (χ4v) is 2.81. The van der Waals surface area contributed by atoms with Crippen LogP contribution in [-0.4, -0.2) is 6.54 Å². The van der Waals surface area contributed by atoms with Crippen LogP contribution in [0.2, 0.25) is 0 Å². The van der Waals surface area contributed by atoms with Gasteiger partial charge in [-0.25, -0.2) is 8.78 Å². The molecule has 0 amide bonds. The molecule has 21 heavy (non-hydrogen) atoms. The van der Waals surface area contributed by atoms with Crippen molar-refractivity contribution in [3.8, 4) is 0 Å². The van der Waals surface area contributed by atoms with E-state index < -0.39 is 11.6 Å². The quantitative estimate of drug-likeness (QED) is 0.804. The highest BCUT2D eigenvalue weighted by atomic mass is 19.1. The van der Waals surface area contributed by atoms with Gasteiger partial charge in [-0.2, -0.15) is 0 Å². The number of hydrogen-bond acceptors (Lipinski definition) is 1. The third-order valence-corrected chi connectivity index (χ3v) is 3.79. The van der Waals surface area contributed by atoms with Crippen molar-refractivity contribution in [3.63, 3.8) is 0 Å². The first-order valence-electron chi connectivity index (χ1n) is 7.40. The zero-order valence-electron chi connectivity index (χ0n) is 12.4. The summed E-state index contributed by atoms with van der Waals surface area (Å²) in [6.45, 7) is 4.81. The lowest BCUT2D eigenvalue weighted by Gasteiger charge is -2.28. The molecule has 0 aliphatic rings. The van der Waals surface area contributed by atoms with Crippen molar-refractivity contribution in [3.05, 3.63) is 71.3 Å². The van der Waals surface area contributed by atoms with Crippen LogP contribution < -0.4 is 5.32 Å². The number of likely N-dealkylation sites (N-methyl/N-ethyl adjacent to an activating group) is 1. The van der Waals surface area contributed by atoms with E-state index in [2.05, 4.69) is 24.4 Å². The van der Waals surface area contributed by atoms with Gasteiger partial charge in [0.1, 0.15) is 11.6 Å². The van der Waals surface area contributed by atoms with Gasteiger partial charge < -0.3 is 5.32 Å². The topological polar surface area (TPSA) is 12.0 Å². The van der Waals surface area contributed by atoms with Crippen LogP contribution in [0.25, 0.3) is 0 Å². The van der Waals surface area contributed by atoms with Gasteiger partial charge in [0.15, 0.2) is 0 Å². The Morgan fingerprint density at radius 1 is 1.00 bits per heavy atom. The summed E-state index contributed by atoms with van der Waals surface area (Å²) in [5.41, 5.74) is 1.68. The molecule has 0 fully saturated rings. The molecule has 0 spiro atoms. The second kappa shape index (κ2) is 7.32. The zero-order chi connectivity index (χ0) is 15.2. The van der Waals surface area contributed by atoms with Gasteiger partial charge in [-0.15, -0.1) is 0 Å². The minimum absolute atomic E-state index is 0.145. The van der Waals surface area contributed by atoms with Crippen molar-refractivity contribution < 1.29 is 8.78 Å². The average molecular weight is 289 g/mol. The average Bonchev–Trinajstić information content (AvgIpc) is 2.48. The van der Waals surface area contributed by atoms with Gasteiger partial charge >= 0.3 is 0 Å². The Bertz CT molecular complexity index is 569. The first-order valence-corrected chi connectivity index (χ1v) is 7.40. The van der Waals surface area contributed by atoms with E-state index in [-0.39, 0.29) is 12.0 Å². The lowest BCUT2D eigenvalue weighted by molar-refractivity contribution is 0.425. The van der Waals surface area contributed by atoms with E-state index in [1.54, 1.807) is 6.07 Å². The van der Waals surface area contributed by atoms with Crippen LogP contribution in [0.5, 0.6) is 0 Å². The number of nitrogens with one attached hydrogen (secondary N) is 1. The van der Waals surface area contributed by atoms with Crippen molar-refractivity contribution in [2.75, 3.05) is 6.54 Å². The predicted molar refractivity (Wildman–Crippen MR) is 82.2 cm³/mol. The number of benzene rings is 2. The van der Waals surface area contributed by atoms with Gasteiger partial charge in [-0.3, -0.25) is 0 Å². The fraction of sp³-hybridized carbons (Fsp3) is 0.333. The summed E-state index contributed by atoms with van der Waals surface area (Å²) in [5, 5.41) is 3.35. The van der Waals surface area contributed by atoms with Crippen molar-refractivity contribution in [1.82, 2.24) is 5.32 Å². The molecule has 0 bridgehead atoms. The van der Waals surface area contributed by atoms with Crippen LogP contribution in [-0.2, 0) is 0 Å². The maximum absolute atomic E-state index is 14.2. The van der Waals surface area contributed by atoms with E-state index in [0.717, 1.165) is 24.6 Å². The lowest BCUT2D eigenvalue weighted by atomic mass is 9.85. The van der Waals surface area contributed by atoms with E-state index >= 15 is 0 Å². The van der Waals surface area contributed by atoms with Gasteiger partial charge in [0.2, 0.25) is 0 Å². The number of halogens is 2. The van der Waals surface area contributed by atoms with Crippen molar-refractivity contribution in [2.24, 2.45) is 0 Å². The maximum Gasteiger partial charge on any atom is 0.130 e. The summed E-state index contributed by atoms with van der Waals surface area (Å²) in [4.78, 5) is 0. The van der Waals surface area contributed by atoms with E-state index in [9.17, 15) is 8.78 Å². The van der Waals surface area contributed by atoms with E-state index in [1.807, 2.05) is 25.1 Å². The normalized spacial score (nSPS) is 13.9. The van der Waals surface area contributed by atoms with Crippen LogP contribution in [0, 0.1) is 11.6 Å². The predicted octanol–water partition coefficient (Wildman–Crippen LogP) is 4.81. The van der Waals surface area contributed by atoms with E-state index in [4.69, 9.17) is 0 Å². The molecule has 1 nitrogen and oxygen atoms in total. The van der Waals surface area contributed by atoms with Gasteiger partial charge in [0, 0.05) is 23.6 Å². The van der Waals surface area contributed by atoms with Crippen molar-refractivity contribution >= 4 is 0 Å². The minimum atomic E-state index is -0.542. The standard InChI is InChI=1S/C18H21F2N/c1-3-15(13-8-6-5-7-9-13)18(21-4-2)16-11-10-14(19)12-17(16)20/h5-12,15,18,21H,3-4H2,1-2H3. The third-order valence-electron chi connectivity index (χ3n) is 3.79. The fourth-order valence-electron chi connectivity index (χ4n) is 2.81. The largest absolute Gasteiger partial charge is 0.310 e. The van der Waals surface area contributed by atoms with Gasteiger partial charge in [-0.1, -0.05) is 50.2 Å². The van der Waals surface area contributed by atoms with Crippen LogP contribution in [0.3, 0.4) is 0 Å². The maximum atomic E-state index is 14.2. The summed E-state index contributed by atoms with van der Waals surface area (Å²) in [5.74, 6) is -0.888. The van der Waals surface area contributed by atoms with E-state index in [1.165, 1.54) is 6.07 Å². The van der Waals surface area contributed by atoms with Gasteiger partial charge in [0.05, 0.1) is 0 Å². The first kappa shape index (κ1) is 15.6. The Morgan fingerprint density at radius 2 is 1.71 bits per heavy atom. The second-order valence-corrected chi connectivity index (χ2v) is 5.13. The Morgan fingerprint density at radius 3 is 2.29 bits per heavy atom. The molecular formula is C18H21F2N. The Balaban J connectivity index is 2.41. The molecule has 0 saturated carbocycles. The summed E-state index contributed by atoms with van der Waals surface area (Å²) >= 11 is 0. The second-order valence-electron chi connectivity index (χ2n) is 5.13. The number of hydrogen-bond donors (Lipinski definition) is 1. The summed E-state index contributed by atoms with van der Waals surface area (Å²) in [6, 6.07) is 13.7. The Kier molecular flexibility index (Phi) is 5.45. The zero-order valence-corrected chi connectivity index (χ0v) is 12.4. The molecule has 0 radical (unpaired) electrons. The van der Waals surface area contributed by atoms with E-state index in [0.29, 0.717) is 5.56 Å². The molecule has 2 aromatic carbocycles. The SMILES string of the molecule is CCNC(c1ccc(F)cc1F)C(CC)c1ccccc1. The minimum Gasteiger partial charge on any atom is -0.310 e. The highest BCUT2D eigenvalue weighted by Crippen LogP contribution is 2.34. The molecule has 0 heterocycles. The van der Waals surface area contributed by atoms with Crippen molar-refractivity contribution in [2.45, 2.75) is 32.2 Å². The van der Waals surface area contributed by atoms with Crippen LogP contribution >= 0.6 is 0 Å². The molecule has 1 N–H and O–H groups in total. The molecule has 3 heteroatoms. The molecule has 0 aliphatic heterocycles. The lowest BCUT2D eigenvalue weighted by Crippen LogP contribution is -2.27. The summed E-state index contributed by atoms with van der Waals surface area (Å²) in [7, 11) is 0. The van der Waals surface area contributed by atoms with Crippen LogP contribution in [0.15, 0.2) is 48.5 Å². The first-order chi connectivity index (χ1) is 10.2. The molecule has 2 unspecified atom stereocenters. The highest BCUT2D eigenvalue weighted by molar-refractivity contribution is 5.29. The van der Waals surface area contributed by atoms with Crippen LogP contribution in [0.4, 0.5) is 8.78 Å². The van der Waals surface area contributed by atoms with Crippen LogP contribution in [0.1, 0.15) is 43.4 Å². The molecule has 2 rings (SSSR count). The van der Waals surface area contributed by atoms with Gasteiger partial charge in [-0.05, 0) is 24.6 Å². The summed E-state index contributed by atoms with van der Waals surface area (Å²) in [6.07, 6.45) is 0.874. The Labute approximate surface area is 125 Å². The molecule has 2 aromatic rings.